The lowest BCUT2D eigenvalue weighted by Gasteiger charge is -2.41. The molecule has 3 heterocycles. The Bertz CT molecular complexity index is 1960. The number of hydrogen-bond donors (Lipinski definition) is 4. The summed E-state index contributed by atoms with van der Waals surface area (Å²) in [6.07, 6.45) is 9.66. The van der Waals surface area contributed by atoms with E-state index in [4.69, 9.17) is 28.4 Å². The van der Waals surface area contributed by atoms with Gasteiger partial charge in [0, 0.05) is 58.5 Å². The second-order valence-corrected chi connectivity index (χ2v) is 20.9. The van der Waals surface area contributed by atoms with Crippen LogP contribution >= 0.6 is 0 Å². The van der Waals surface area contributed by atoms with Crippen molar-refractivity contribution < 1.29 is 77.6 Å². The van der Waals surface area contributed by atoms with Gasteiger partial charge in [0.2, 0.25) is 5.79 Å². The average molecular weight is 1000 g/mol. The zero-order valence-electron chi connectivity index (χ0n) is 43.7. The first kappa shape index (κ1) is 59.6. The van der Waals surface area contributed by atoms with E-state index in [1.807, 2.05) is 44.2 Å². The fourth-order valence-corrected chi connectivity index (χ4v) is 10.2. The number of amides is 1. The van der Waals surface area contributed by atoms with E-state index in [1.54, 1.807) is 40.9 Å². The lowest BCUT2D eigenvalue weighted by molar-refractivity contribution is -0.265. The molecule has 0 aromatic rings. The number of esters is 2. The topological polar surface area (TPSA) is 242 Å². The van der Waals surface area contributed by atoms with E-state index >= 15 is 0 Å². The van der Waals surface area contributed by atoms with E-state index < -0.39 is 120 Å². The first-order valence-electron chi connectivity index (χ1n) is 25.5. The Morgan fingerprint density at radius 3 is 2.24 bits per heavy atom. The van der Waals surface area contributed by atoms with E-state index in [2.05, 4.69) is 0 Å². The molecule has 2 saturated heterocycles. The Hall–Kier alpha value is -3.94. The maximum absolute atomic E-state index is 14.4. The Morgan fingerprint density at radius 1 is 0.887 bits per heavy atom. The molecule has 1 saturated carbocycles. The number of carbonyl (C=O) groups excluding carboxylic acids is 6. The highest BCUT2D eigenvalue weighted by atomic mass is 16.6. The van der Waals surface area contributed by atoms with Crippen molar-refractivity contribution in [1.82, 2.24) is 4.90 Å². The third-order valence-electron chi connectivity index (χ3n) is 15.4. The fraction of sp³-hybridized carbons (Fsp3) is 0.741. The molecule has 0 radical (unpaired) electrons. The second kappa shape index (κ2) is 27.4. The molecule has 0 unspecified atom stereocenters. The quantitative estimate of drug-likeness (QED) is 0.127. The Balaban J connectivity index is 1.66. The van der Waals surface area contributed by atoms with Crippen LogP contribution in [0.25, 0.3) is 0 Å². The van der Waals surface area contributed by atoms with Crippen LogP contribution in [0.1, 0.15) is 126 Å². The predicted octanol–water partition coefficient (Wildman–Crippen LogP) is 5.09. The molecule has 1 aliphatic carbocycles. The van der Waals surface area contributed by atoms with Gasteiger partial charge < -0.3 is 53.7 Å². The maximum Gasteiger partial charge on any atom is 0.329 e. The number of aliphatic hydroxyl groups excluding tert-OH is 3. The maximum atomic E-state index is 14.4. The molecule has 4 aliphatic rings. The van der Waals surface area contributed by atoms with Crippen LogP contribution in [-0.2, 0) is 57.2 Å². The summed E-state index contributed by atoms with van der Waals surface area (Å²) in [5, 5.41) is 42.9. The Labute approximate surface area is 420 Å². The van der Waals surface area contributed by atoms with Gasteiger partial charge in [-0.25, -0.2) is 4.79 Å². The van der Waals surface area contributed by atoms with E-state index in [0.29, 0.717) is 69.8 Å². The summed E-state index contributed by atoms with van der Waals surface area (Å²) in [6, 6.07) is -1.19. The molecule has 17 nitrogen and oxygen atoms in total. The van der Waals surface area contributed by atoms with E-state index in [-0.39, 0.29) is 36.9 Å². The van der Waals surface area contributed by atoms with Gasteiger partial charge in [0.05, 0.1) is 31.5 Å². The molecule has 3 fully saturated rings. The van der Waals surface area contributed by atoms with Gasteiger partial charge in [-0.2, -0.15) is 0 Å². The minimum absolute atomic E-state index is 0.0350. The summed E-state index contributed by atoms with van der Waals surface area (Å²) in [5.74, 6) is -9.32. The molecule has 4 rings (SSSR count). The van der Waals surface area contributed by atoms with Crippen molar-refractivity contribution in [1.29, 1.82) is 0 Å². The van der Waals surface area contributed by atoms with Crippen LogP contribution in [0.4, 0.5) is 0 Å². The van der Waals surface area contributed by atoms with Gasteiger partial charge in [-0.3, -0.25) is 24.0 Å². The van der Waals surface area contributed by atoms with Crippen molar-refractivity contribution in [3.8, 4) is 0 Å². The van der Waals surface area contributed by atoms with Gasteiger partial charge in [0.1, 0.15) is 41.7 Å². The van der Waals surface area contributed by atoms with Gasteiger partial charge in [-0.05, 0) is 108 Å². The fourth-order valence-electron chi connectivity index (χ4n) is 10.2. The number of carbonyl (C=O) groups is 6. The van der Waals surface area contributed by atoms with Gasteiger partial charge in [0.25, 0.3) is 11.7 Å². The zero-order valence-corrected chi connectivity index (χ0v) is 43.7. The lowest BCUT2D eigenvalue weighted by Crippen LogP contribution is -2.59. The van der Waals surface area contributed by atoms with Crippen LogP contribution in [0.2, 0.25) is 0 Å². The zero-order chi connectivity index (χ0) is 52.8. The monoisotopic (exact) mass is 1000 g/mol. The highest BCUT2D eigenvalue weighted by molar-refractivity contribution is 6.39. The highest BCUT2D eigenvalue weighted by Gasteiger charge is 2.53. The van der Waals surface area contributed by atoms with Gasteiger partial charge >= 0.3 is 11.9 Å². The largest absolute Gasteiger partial charge is 0.460 e. The normalized spacial score (nSPS) is 36.9. The average Bonchev–Trinajstić information content (AvgIpc) is 3.86. The van der Waals surface area contributed by atoms with Crippen LogP contribution in [0.5, 0.6) is 0 Å². The van der Waals surface area contributed by atoms with Crippen molar-refractivity contribution in [2.24, 2.45) is 35.0 Å². The summed E-state index contributed by atoms with van der Waals surface area (Å²) in [4.78, 5) is 84.6. The number of ketones is 3. The van der Waals surface area contributed by atoms with E-state index in [1.165, 1.54) is 21.1 Å². The number of nitrogens with zero attached hydrogens (tertiary/aromatic N) is 1. The summed E-state index contributed by atoms with van der Waals surface area (Å²) < 4.78 is 35.2. The van der Waals surface area contributed by atoms with Crippen molar-refractivity contribution in [2.75, 3.05) is 41.1 Å². The number of hydrogen-bond acceptors (Lipinski definition) is 16. The SMILES string of the molecule is CO[C@H]1C[C@@H]2CC[C@@H](C)[C@@](O)(O2)C(=O)C(=O)N2CCC[C@H]2C(=O)O[C@H]([C@H](C)C[C@@H]2CC[C@@H](OC(=O)C(C)(CO)CO)[C@H](OC)C2)CC(=O)[C@H](C)/C=C(\C)[C@@H](O)[C@@H](OC)C(=O)[C@H](C)CC/C=C/C=C/C=C/1C. The summed E-state index contributed by atoms with van der Waals surface area (Å²) in [5.41, 5.74) is -0.274. The molecule has 71 heavy (non-hydrogen) atoms. The first-order valence-corrected chi connectivity index (χ1v) is 25.5. The number of Topliss-reactive ketones (excluding diaryl/α,β-unsaturated/α-hetero) is 3. The molecule has 3 aliphatic heterocycles. The van der Waals surface area contributed by atoms with Gasteiger partial charge in [0.15, 0.2) is 5.78 Å². The van der Waals surface area contributed by atoms with Crippen LogP contribution in [0.3, 0.4) is 0 Å². The minimum atomic E-state index is -2.46. The molecular formula is C54H83NO16. The molecule has 400 valence electrons. The van der Waals surface area contributed by atoms with Crippen molar-refractivity contribution in [2.45, 2.75) is 180 Å². The van der Waals surface area contributed by atoms with Crippen LogP contribution in [0, 0.1) is 35.0 Å². The molecule has 17 heteroatoms. The molecular weight excluding hydrogens is 919 g/mol. The van der Waals surface area contributed by atoms with Crippen LogP contribution in [-0.4, -0.2) is 156 Å². The lowest BCUT2D eigenvalue weighted by atomic mass is 9.78. The van der Waals surface area contributed by atoms with Crippen LogP contribution < -0.4 is 0 Å². The third-order valence-corrected chi connectivity index (χ3v) is 15.4. The number of methoxy groups -OCH3 is 3. The second-order valence-electron chi connectivity index (χ2n) is 20.9. The van der Waals surface area contributed by atoms with Gasteiger partial charge in [-0.15, -0.1) is 0 Å². The predicted molar refractivity (Wildman–Crippen MR) is 262 cm³/mol. The minimum Gasteiger partial charge on any atom is -0.460 e. The standard InChI is InChI=1S/C54H83NO16/c1-32-17-14-12-11-13-15-18-33(2)46(59)48(68-10)47(60)36(5)25-34(3)41(58)29-44(35(4)26-38-21-23-42(45(27-38)67-9)70-52(64)53(7,30-56)31-57)69-51(63)40-19-16-24-55(40)50(62)49(61)54(65)37(6)20-22-39(71-54)28-43(32)66-8/h11-14,17,25,33-35,37-40,42-45,47-48,56-57,60,65H,15-16,18-24,26-31H2,1-10H3/b13-11+,14-12+,32-17+,36-25+/t33-,34-,35-,37-,38+,39+,40+,42-,43+,44+,45-,47-,48+,54-/m1/s1. The first-order chi connectivity index (χ1) is 33.6. The van der Waals surface area contributed by atoms with E-state index in [9.17, 15) is 49.2 Å². The molecule has 1 amide bonds. The van der Waals surface area contributed by atoms with E-state index in [0.717, 1.165) is 10.5 Å². The number of rotatable bonds is 10. The Kier molecular flexibility index (Phi) is 23.0. The molecule has 0 aromatic carbocycles. The number of fused-ring (bicyclic) bond motifs is 3. The molecule has 14 atom stereocenters. The van der Waals surface area contributed by atoms with Crippen molar-refractivity contribution in [3.05, 3.63) is 47.6 Å². The summed E-state index contributed by atoms with van der Waals surface area (Å²) in [6.45, 7) is 10.7. The third kappa shape index (κ3) is 15.3. The number of aliphatic hydroxyl groups is 4. The number of ether oxygens (including phenoxy) is 6. The summed E-state index contributed by atoms with van der Waals surface area (Å²) in [7, 11) is 4.42. The molecule has 4 N–H and O–H groups in total. The molecule has 0 aromatic heterocycles. The number of allylic oxidation sites excluding steroid dienone is 6. The van der Waals surface area contributed by atoms with Crippen molar-refractivity contribution >= 4 is 35.2 Å². The highest BCUT2D eigenvalue weighted by Crippen LogP contribution is 2.38. The molecule has 2 bridgehead atoms. The number of cyclic esters (lactones) is 1. The van der Waals surface area contributed by atoms with Crippen LogP contribution in [0.15, 0.2) is 47.6 Å². The molecule has 0 spiro atoms. The van der Waals surface area contributed by atoms with Gasteiger partial charge in [-0.1, -0.05) is 64.2 Å². The Morgan fingerprint density at radius 2 is 1.59 bits per heavy atom. The van der Waals surface area contributed by atoms with Crippen molar-refractivity contribution in [3.63, 3.8) is 0 Å². The summed E-state index contributed by atoms with van der Waals surface area (Å²) >= 11 is 0. The smallest absolute Gasteiger partial charge is 0.329 e.